The molecule has 0 fully saturated rings. The van der Waals surface area contributed by atoms with Crippen molar-refractivity contribution >= 4 is 31.8 Å². The van der Waals surface area contributed by atoms with Crippen LogP contribution in [0.4, 0.5) is 0 Å². The minimum absolute atomic E-state index is 0.282. The van der Waals surface area contributed by atoms with Crippen molar-refractivity contribution in [1.82, 2.24) is 25.0 Å². The summed E-state index contributed by atoms with van der Waals surface area (Å²) < 4.78 is 28.2. The van der Waals surface area contributed by atoms with Crippen LogP contribution >= 0.6 is 0 Å². The summed E-state index contributed by atoms with van der Waals surface area (Å²) in [4.78, 5) is 11.9. The van der Waals surface area contributed by atoms with E-state index in [0.29, 0.717) is 18.5 Å². The number of H-pyrrole nitrogens is 1. The van der Waals surface area contributed by atoms with Crippen molar-refractivity contribution in [3.8, 4) is 11.1 Å². The minimum Gasteiger partial charge on any atom is -0.346 e. The maximum atomic E-state index is 12.7. The second kappa shape index (κ2) is 10.4. The van der Waals surface area contributed by atoms with Gasteiger partial charge in [-0.15, -0.1) is 0 Å². The largest absolute Gasteiger partial charge is 0.346 e. The van der Waals surface area contributed by atoms with Crippen molar-refractivity contribution in [1.29, 1.82) is 0 Å². The van der Waals surface area contributed by atoms with Gasteiger partial charge in [0.05, 0.1) is 4.90 Å². The van der Waals surface area contributed by atoms with E-state index in [1.807, 2.05) is 24.5 Å². The van der Waals surface area contributed by atoms with Crippen LogP contribution in [0, 0.1) is 0 Å². The van der Waals surface area contributed by atoms with E-state index < -0.39 is 10.0 Å². The van der Waals surface area contributed by atoms with E-state index >= 15 is 0 Å². The molecule has 3 heterocycles. The van der Waals surface area contributed by atoms with E-state index in [0.717, 1.165) is 46.9 Å². The molecule has 0 unspecified atom stereocenters. The van der Waals surface area contributed by atoms with Crippen LogP contribution in [0.5, 0.6) is 0 Å². The average Bonchev–Trinajstić information content (AvgIpc) is 3.36. The molecular formula is C27H27N5O2S. The number of aryl methyl sites for hydroxylation is 1. The van der Waals surface area contributed by atoms with Crippen LogP contribution in [0.3, 0.4) is 0 Å². The maximum absolute atomic E-state index is 12.7. The van der Waals surface area contributed by atoms with E-state index in [-0.39, 0.29) is 4.90 Å². The lowest BCUT2D eigenvalue weighted by Crippen LogP contribution is -2.32. The van der Waals surface area contributed by atoms with Crippen LogP contribution in [0.25, 0.3) is 32.9 Å². The zero-order chi connectivity index (χ0) is 24.1. The molecule has 2 aromatic carbocycles. The predicted molar refractivity (Wildman–Crippen MR) is 140 cm³/mol. The Morgan fingerprint density at radius 2 is 1.74 bits per heavy atom. The van der Waals surface area contributed by atoms with Crippen LogP contribution in [-0.2, 0) is 16.4 Å². The lowest BCUT2D eigenvalue weighted by atomic mass is 10.0. The smallest absolute Gasteiger partial charge is 0.241 e. The molecule has 0 spiro atoms. The molecule has 5 aromatic rings. The molecule has 0 aliphatic carbocycles. The first-order chi connectivity index (χ1) is 17.1. The summed E-state index contributed by atoms with van der Waals surface area (Å²) in [6.45, 7) is 1.72. The molecule has 3 aromatic heterocycles. The highest BCUT2D eigenvalue weighted by atomic mass is 32.2. The number of hydrogen-bond acceptors (Lipinski definition) is 5. The van der Waals surface area contributed by atoms with Crippen molar-refractivity contribution in [3.63, 3.8) is 0 Å². The normalized spacial score (nSPS) is 11.9. The SMILES string of the molecule is O=S(=O)(NCCNCCCc1ccc(-c2cnc3[nH]ccc3c2)cc1)c1cccc2cnccc12. The zero-order valence-electron chi connectivity index (χ0n) is 19.2. The number of pyridine rings is 2. The van der Waals surface area contributed by atoms with Gasteiger partial charge in [0.1, 0.15) is 5.65 Å². The molecule has 5 rings (SSSR count). The van der Waals surface area contributed by atoms with Gasteiger partial charge in [-0.3, -0.25) is 4.98 Å². The van der Waals surface area contributed by atoms with Gasteiger partial charge >= 0.3 is 0 Å². The summed E-state index contributed by atoms with van der Waals surface area (Å²) >= 11 is 0. The summed E-state index contributed by atoms with van der Waals surface area (Å²) in [5, 5.41) is 5.91. The first-order valence-corrected chi connectivity index (χ1v) is 13.1. The topological polar surface area (TPSA) is 99.8 Å². The van der Waals surface area contributed by atoms with E-state index in [1.54, 1.807) is 30.6 Å². The summed E-state index contributed by atoms with van der Waals surface area (Å²) in [5.74, 6) is 0. The lowest BCUT2D eigenvalue weighted by molar-refractivity contribution is 0.575. The Bertz CT molecular complexity index is 1540. The standard InChI is InChI=1S/C27H27N5O2S/c33-35(34,26-5-1-4-23-18-29-13-11-25(23)26)32-16-15-28-12-2-3-20-6-8-21(9-7-20)24-17-22-10-14-30-27(22)31-19-24/h1,4-11,13-14,17-19,28,32H,2-3,12,15-16H2,(H,30,31). The number of hydrogen-bond donors (Lipinski definition) is 3. The van der Waals surface area contributed by atoms with Gasteiger partial charge in [-0.05, 0) is 54.8 Å². The van der Waals surface area contributed by atoms with Gasteiger partial charge in [-0.2, -0.15) is 0 Å². The summed E-state index contributed by atoms with van der Waals surface area (Å²) in [6.07, 6.45) is 9.00. The van der Waals surface area contributed by atoms with Crippen LogP contribution in [0.2, 0.25) is 0 Å². The van der Waals surface area contributed by atoms with Crippen LogP contribution in [-0.4, -0.2) is 43.0 Å². The fourth-order valence-corrected chi connectivity index (χ4v) is 5.44. The van der Waals surface area contributed by atoms with Gasteiger partial charge in [0, 0.05) is 59.6 Å². The fraction of sp³-hybridized carbons (Fsp3) is 0.185. The summed E-state index contributed by atoms with van der Waals surface area (Å²) in [5.41, 5.74) is 4.43. The number of rotatable bonds is 10. The Hall–Kier alpha value is -3.59. The molecule has 0 saturated heterocycles. The Morgan fingerprint density at radius 3 is 2.63 bits per heavy atom. The van der Waals surface area contributed by atoms with E-state index in [1.165, 1.54) is 5.56 Å². The van der Waals surface area contributed by atoms with Gasteiger partial charge < -0.3 is 10.3 Å². The first-order valence-electron chi connectivity index (χ1n) is 11.7. The molecule has 0 saturated carbocycles. The summed E-state index contributed by atoms with van der Waals surface area (Å²) in [7, 11) is -3.58. The third-order valence-electron chi connectivity index (χ3n) is 6.03. The van der Waals surface area contributed by atoms with E-state index in [4.69, 9.17) is 0 Å². The third-order valence-corrected chi connectivity index (χ3v) is 7.55. The van der Waals surface area contributed by atoms with Gasteiger partial charge in [0.2, 0.25) is 10.0 Å². The molecule has 0 bridgehead atoms. The number of nitrogens with one attached hydrogen (secondary N) is 3. The highest BCUT2D eigenvalue weighted by Gasteiger charge is 2.16. The van der Waals surface area contributed by atoms with Crippen molar-refractivity contribution in [2.75, 3.05) is 19.6 Å². The van der Waals surface area contributed by atoms with Gasteiger partial charge in [-0.1, -0.05) is 36.4 Å². The molecule has 0 radical (unpaired) electrons. The maximum Gasteiger partial charge on any atom is 0.241 e. The molecule has 0 aliphatic heterocycles. The Kier molecular flexibility index (Phi) is 6.85. The van der Waals surface area contributed by atoms with E-state index in [9.17, 15) is 8.42 Å². The number of sulfonamides is 1. The molecule has 7 nitrogen and oxygen atoms in total. The lowest BCUT2D eigenvalue weighted by Gasteiger charge is -2.10. The molecule has 8 heteroatoms. The van der Waals surface area contributed by atoms with Crippen molar-refractivity contribution in [2.45, 2.75) is 17.7 Å². The number of benzene rings is 2. The quantitative estimate of drug-likeness (QED) is 0.257. The van der Waals surface area contributed by atoms with Crippen LogP contribution < -0.4 is 10.0 Å². The molecule has 0 atom stereocenters. The number of aromatic amines is 1. The van der Waals surface area contributed by atoms with Crippen LogP contribution in [0.15, 0.2) is 90.3 Å². The van der Waals surface area contributed by atoms with Crippen molar-refractivity contribution in [2.24, 2.45) is 0 Å². The first kappa shape index (κ1) is 23.2. The Balaban J connectivity index is 1.06. The molecular weight excluding hydrogens is 458 g/mol. The molecule has 35 heavy (non-hydrogen) atoms. The fourth-order valence-electron chi connectivity index (χ4n) is 4.18. The predicted octanol–water partition coefficient (Wildman–Crippen LogP) is 4.28. The van der Waals surface area contributed by atoms with Crippen LogP contribution in [0.1, 0.15) is 12.0 Å². The zero-order valence-corrected chi connectivity index (χ0v) is 20.1. The van der Waals surface area contributed by atoms with Gasteiger partial charge in [0.25, 0.3) is 0 Å². The highest BCUT2D eigenvalue weighted by Crippen LogP contribution is 2.23. The molecule has 3 N–H and O–H groups in total. The summed E-state index contributed by atoms with van der Waals surface area (Å²) in [6, 6.07) is 19.7. The second-order valence-corrected chi connectivity index (χ2v) is 10.2. The van der Waals surface area contributed by atoms with Gasteiger partial charge in [0.15, 0.2) is 0 Å². The second-order valence-electron chi connectivity index (χ2n) is 8.44. The number of fused-ring (bicyclic) bond motifs is 2. The highest BCUT2D eigenvalue weighted by molar-refractivity contribution is 7.89. The Labute approximate surface area is 204 Å². The number of aromatic nitrogens is 3. The monoisotopic (exact) mass is 485 g/mol. The third kappa shape index (κ3) is 5.40. The van der Waals surface area contributed by atoms with Gasteiger partial charge in [-0.25, -0.2) is 18.1 Å². The van der Waals surface area contributed by atoms with E-state index in [2.05, 4.69) is 55.3 Å². The molecule has 178 valence electrons. The minimum atomic E-state index is -3.58. The van der Waals surface area contributed by atoms with Crippen molar-refractivity contribution in [3.05, 3.63) is 91.0 Å². The van der Waals surface area contributed by atoms with Crippen molar-refractivity contribution < 1.29 is 8.42 Å². The average molecular weight is 486 g/mol. The Morgan fingerprint density at radius 1 is 0.857 bits per heavy atom. The molecule has 0 amide bonds. The number of nitrogens with zero attached hydrogens (tertiary/aromatic N) is 2. The molecule has 0 aliphatic rings.